The monoisotopic (exact) mass is 288 g/mol. The number of amides is 1. The van der Waals surface area contributed by atoms with Gasteiger partial charge < -0.3 is 10.5 Å². The Morgan fingerprint density at radius 2 is 2.00 bits per heavy atom. The Hall–Kier alpha value is -1.79. The van der Waals surface area contributed by atoms with Crippen molar-refractivity contribution in [3.63, 3.8) is 0 Å². The summed E-state index contributed by atoms with van der Waals surface area (Å²) in [5.41, 5.74) is 5.62. The maximum atomic E-state index is 12.3. The molecular weight excluding hydrogens is 273 g/mol. The van der Waals surface area contributed by atoms with Crippen molar-refractivity contribution in [3.8, 4) is 5.88 Å². The van der Waals surface area contributed by atoms with Crippen LogP contribution in [0.3, 0.4) is 0 Å². The third kappa shape index (κ3) is 3.61. The highest BCUT2D eigenvalue weighted by Crippen LogP contribution is 2.38. The first kappa shape index (κ1) is 14.6. The van der Waals surface area contributed by atoms with E-state index in [1.807, 2.05) is 0 Å². The van der Waals surface area contributed by atoms with Crippen molar-refractivity contribution in [1.29, 1.82) is 0 Å². The Balaban J connectivity index is 2.27. The molecule has 1 aliphatic rings. The topological polar surface area (TPSA) is 65.2 Å². The number of halogens is 3. The molecule has 1 aromatic heterocycles. The number of pyridine rings is 1. The molecule has 1 saturated carbocycles. The quantitative estimate of drug-likeness (QED) is 0.926. The Morgan fingerprint density at radius 3 is 2.55 bits per heavy atom. The van der Waals surface area contributed by atoms with E-state index in [1.54, 1.807) is 6.07 Å². The SMILES string of the molecule is NC(=O)c1ccc(C2CCCC2)c(OCC(F)(F)F)n1. The molecule has 2 N–H and O–H groups in total. The fourth-order valence-corrected chi connectivity index (χ4v) is 2.40. The lowest BCUT2D eigenvalue weighted by atomic mass is 9.98. The second kappa shape index (κ2) is 5.68. The standard InChI is InChI=1S/C13H15F3N2O2/c14-13(15,16)7-20-12-9(8-3-1-2-4-8)5-6-10(18-12)11(17)19/h5-6,8H,1-4,7H2,(H2,17,19). The molecule has 1 aromatic rings. The lowest BCUT2D eigenvalue weighted by Crippen LogP contribution is -2.21. The number of hydrogen-bond acceptors (Lipinski definition) is 3. The van der Waals surface area contributed by atoms with E-state index in [4.69, 9.17) is 10.5 Å². The second-order valence-corrected chi connectivity index (χ2v) is 4.84. The molecule has 1 fully saturated rings. The zero-order valence-corrected chi connectivity index (χ0v) is 10.7. The van der Waals surface area contributed by atoms with Crippen molar-refractivity contribution in [1.82, 2.24) is 4.98 Å². The van der Waals surface area contributed by atoms with Gasteiger partial charge in [0.25, 0.3) is 5.91 Å². The summed E-state index contributed by atoms with van der Waals surface area (Å²) in [5.74, 6) is -0.794. The largest absolute Gasteiger partial charge is 0.468 e. The normalized spacial score (nSPS) is 16.4. The Labute approximate surface area is 114 Å². The number of primary amides is 1. The van der Waals surface area contributed by atoms with Crippen LogP contribution in [0.1, 0.15) is 47.7 Å². The number of carbonyl (C=O) groups excluding carboxylic acids is 1. The van der Waals surface area contributed by atoms with Crippen molar-refractivity contribution in [2.24, 2.45) is 5.73 Å². The number of hydrogen-bond donors (Lipinski definition) is 1. The molecule has 110 valence electrons. The van der Waals surface area contributed by atoms with Gasteiger partial charge in [-0.1, -0.05) is 18.9 Å². The van der Waals surface area contributed by atoms with Gasteiger partial charge >= 0.3 is 6.18 Å². The minimum Gasteiger partial charge on any atom is -0.468 e. The fraction of sp³-hybridized carbons (Fsp3) is 0.538. The van der Waals surface area contributed by atoms with E-state index in [9.17, 15) is 18.0 Å². The van der Waals surface area contributed by atoms with Gasteiger partial charge in [0, 0.05) is 5.56 Å². The molecule has 0 aromatic carbocycles. The number of nitrogens with two attached hydrogens (primary N) is 1. The number of rotatable bonds is 4. The summed E-state index contributed by atoms with van der Waals surface area (Å²) in [6.07, 6.45) is -0.612. The molecule has 0 radical (unpaired) electrons. The van der Waals surface area contributed by atoms with Crippen LogP contribution in [0.25, 0.3) is 0 Å². The molecule has 0 aliphatic heterocycles. The lowest BCUT2D eigenvalue weighted by Gasteiger charge is -2.16. The molecule has 0 unspecified atom stereocenters. The highest BCUT2D eigenvalue weighted by molar-refractivity contribution is 5.90. The van der Waals surface area contributed by atoms with Gasteiger partial charge in [-0.2, -0.15) is 13.2 Å². The molecule has 1 aliphatic carbocycles. The maximum Gasteiger partial charge on any atom is 0.422 e. The first-order valence-electron chi connectivity index (χ1n) is 6.37. The summed E-state index contributed by atoms with van der Waals surface area (Å²) in [5, 5.41) is 0. The first-order valence-corrected chi connectivity index (χ1v) is 6.37. The highest BCUT2D eigenvalue weighted by atomic mass is 19.4. The molecule has 1 heterocycles. The van der Waals surface area contributed by atoms with Crippen LogP contribution >= 0.6 is 0 Å². The van der Waals surface area contributed by atoms with Gasteiger partial charge in [0.1, 0.15) is 5.69 Å². The Bertz CT molecular complexity index is 497. The van der Waals surface area contributed by atoms with Crippen molar-refractivity contribution in [2.45, 2.75) is 37.8 Å². The highest BCUT2D eigenvalue weighted by Gasteiger charge is 2.30. The average Bonchev–Trinajstić information content (AvgIpc) is 2.88. The minimum absolute atomic E-state index is 0.0936. The third-order valence-corrected chi connectivity index (χ3v) is 3.31. The summed E-state index contributed by atoms with van der Waals surface area (Å²) in [4.78, 5) is 14.9. The fourth-order valence-electron chi connectivity index (χ4n) is 2.40. The predicted molar refractivity (Wildman–Crippen MR) is 65.5 cm³/mol. The van der Waals surface area contributed by atoms with Crippen LogP contribution in [-0.4, -0.2) is 23.7 Å². The molecule has 0 atom stereocenters. The number of nitrogens with zero attached hydrogens (tertiary/aromatic N) is 1. The van der Waals surface area contributed by atoms with Gasteiger partial charge in [0.2, 0.25) is 5.88 Å². The van der Waals surface area contributed by atoms with Crippen LogP contribution in [0.15, 0.2) is 12.1 Å². The third-order valence-electron chi connectivity index (χ3n) is 3.31. The average molecular weight is 288 g/mol. The maximum absolute atomic E-state index is 12.3. The molecular formula is C13H15F3N2O2. The van der Waals surface area contributed by atoms with Crippen molar-refractivity contribution in [3.05, 3.63) is 23.4 Å². The van der Waals surface area contributed by atoms with Crippen LogP contribution in [0.4, 0.5) is 13.2 Å². The number of carbonyl (C=O) groups is 1. The van der Waals surface area contributed by atoms with Crippen molar-refractivity contribution in [2.75, 3.05) is 6.61 Å². The van der Waals surface area contributed by atoms with E-state index in [-0.39, 0.29) is 17.5 Å². The van der Waals surface area contributed by atoms with Crippen LogP contribution in [-0.2, 0) is 0 Å². The van der Waals surface area contributed by atoms with Crippen molar-refractivity contribution >= 4 is 5.91 Å². The van der Waals surface area contributed by atoms with E-state index in [1.165, 1.54) is 6.07 Å². The van der Waals surface area contributed by atoms with Crippen molar-refractivity contribution < 1.29 is 22.7 Å². The summed E-state index contributed by atoms with van der Waals surface area (Å²) in [6, 6.07) is 3.02. The summed E-state index contributed by atoms with van der Waals surface area (Å²) in [6.45, 7) is -1.43. The van der Waals surface area contributed by atoms with Gasteiger partial charge in [-0.25, -0.2) is 4.98 Å². The lowest BCUT2D eigenvalue weighted by molar-refractivity contribution is -0.154. The van der Waals surface area contributed by atoms with E-state index >= 15 is 0 Å². The van der Waals surface area contributed by atoms with E-state index in [2.05, 4.69) is 4.98 Å². The number of aromatic nitrogens is 1. The van der Waals surface area contributed by atoms with Gasteiger partial charge in [0.05, 0.1) is 0 Å². The van der Waals surface area contributed by atoms with Crippen LogP contribution in [0.2, 0.25) is 0 Å². The number of alkyl halides is 3. The summed E-state index contributed by atoms with van der Waals surface area (Å²) >= 11 is 0. The molecule has 20 heavy (non-hydrogen) atoms. The zero-order chi connectivity index (χ0) is 14.8. The van der Waals surface area contributed by atoms with Crippen LogP contribution in [0, 0.1) is 0 Å². The van der Waals surface area contributed by atoms with Gasteiger partial charge in [-0.3, -0.25) is 4.79 Å². The van der Waals surface area contributed by atoms with Crippen LogP contribution < -0.4 is 10.5 Å². The van der Waals surface area contributed by atoms with E-state index < -0.39 is 18.7 Å². The smallest absolute Gasteiger partial charge is 0.422 e. The molecule has 2 rings (SSSR count). The van der Waals surface area contributed by atoms with Gasteiger partial charge in [-0.15, -0.1) is 0 Å². The molecule has 4 nitrogen and oxygen atoms in total. The molecule has 0 spiro atoms. The zero-order valence-electron chi connectivity index (χ0n) is 10.7. The molecule has 0 bridgehead atoms. The number of ether oxygens (including phenoxy) is 1. The predicted octanol–water partition coefficient (Wildman–Crippen LogP) is 2.78. The Morgan fingerprint density at radius 1 is 1.35 bits per heavy atom. The molecule has 7 heteroatoms. The summed E-state index contributed by atoms with van der Waals surface area (Å²) in [7, 11) is 0. The molecule has 1 amide bonds. The van der Waals surface area contributed by atoms with Crippen LogP contribution in [0.5, 0.6) is 5.88 Å². The Kier molecular flexibility index (Phi) is 4.15. The van der Waals surface area contributed by atoms with Gasteiger partial charge in [0.15, 0.2) is 6.61 Å². The second-order valence-electron chi connectivity index (χ2n) is 4.84. The molecule has 0 saturated heterocycles. The summed E-state index contributed by atoms with van der Waals surface area (Å²) < 4.78 is 41.6. The van der Waals surface area contributed by atoms with E-state index in [0.29, 0.717) is 5.56 Å². The minimum atomic E-state index is -4.45. The van der Waals surface area contributed by atoms with Gasteiger partial charge in [-0.05, 0) is 24.8 Å². The first-order chi connectivity index (χ1) is 9.37. The van der Waals surface area contributed by atoms with E-state index in [0.717, 1.165) is 25.7 Å².